The highest BCUT2D eigenvalue weighted by atomic mass is 127. The van der Waals surface area contributed by atoms with E-state index in [9.17, 15) is 0 Å². The van der Waals surface area contributed by atoms with Crippen molar-refractivity contribution in [3.8, 4) is 0 Å². The van der Waals surface area contributed by atoms with Crippen LogP contribution in [0.25, 0.3) is 11.0 Å². The lowest BCUT2D eigenvalue weighted by molar-refractivity contribution is 0.578. The van der Waals surface area contributed by atoms with Crippen LogP contribution < -0.4 is 0 Å². The summed E-state index contributed by atoms with van der Waals surface area (Å²) in [7, 11) is 0. The normalized spacial score (nSPS) is 9.54. The van der Waals surface area contributed by atoms with Gasteiger partial charge in [-0.1, -0.05) is 19.9 Å². The minimum absolute atomic E-state index is 0.976. The van der Waals surface area contributed by atoms with Gasteiger partial charge in [0.2, 0.25) is 0 Å². The van der Waals surface area contributed by atoms with E-state index in [2.05, 4.69) is 34.7 Å². The van der Waals surface area contributed by atoms with E-state index in [1.54, 1.807) is 0 Å². The van der Waals surface area contributed by atoms with Crippen LogP contribution in [-0.2, 0) is 0 Å². The number of halogens is 1. The summed E-state index contributed by atoms with van der Waals surface area (Å²) >= 11 is 2.31. The van der Waals surface area contributed by atoms with Crippen molar-refractivity contribution in [2.45, 2.75) is 20.8 Å². The van der Waals surface area contributed by atoms with E-state index < -0.39 is 0 Å². The molecule has 1 nitrogen and oxygen atoms in total. The van der Waals surface area contributed by atoms with E-state index in [0.717, 1.165) is 11.3 Å². The first-order chi connectivity index (χ1) is 6.27. The van der Waals surface area contributed by atoms with Crippen molar-refractivity contribution < 1.29 is 4.42 Å². The van der Waals surface area contributed by atoms with E-state index in [-0.39, 0.29) is 0 Å². The Kier molecular flexibility index (Phi) is 3.78. The van der Waals surface area contributed by atoms with Crippen molar-refractivity contribution >= 4 is 33.6 Å². The van der Waals surface area contributed by atoms with Crippen LogP contribution in [0.3, 0.4) is 0 Å². The molecule has 2 rings (SSSR count). The summed E-state index contributed by atoms with van der Waals surface area (Å²) in [4.78, 5) is 0. The lowest BCUT2D eigenvalue weighted by Crippen LogP contribution is -1.68. The Bertz CT molecular complexity index is 390. The number of aryl methyl sites for hydroxylation is 1. The molecule has 13 heavy (non-hydrogen) atoms. The Morgan fingerprint density at radius 1 is 1.23 bits per heavy atom. The van der Waals surface area contributed by atoms with Gasteiger partial charge in [-0.15, -0.1) is 0 Å². The lowest BCUT2D eigenvalue weighted by Gasteiger charge is -1.88. The fourth-order valence-electron chi connectivity index (χ4n) is 1.15. The summed E-state index contributed by atoms with van der Waals surface area (Å²) in [6.45, 7) is 5.97. The van der Waals surface area contributed by atoms with Gasteiger partial charge in [0.05, 0.1) is 0 Å². The summed E-state index contributed by atoms with van der Waals surface area (Å²) in [6.07, 6.45) is 0. The molecule has 0 atom stereocenters. The highest BCUT2D eigenvalue weighted by Gasteiger charge is 2.01. The van der Waals surface area contributed by atoms with Crippen molar-refractivity contribution in [1.82, 2.24) is 0 Å². The van der Waals surface area contributed by atoms with E-state index in [1.807, 2.05) is 32.9 Å². The zero-order valence-corrected chi connectivity index (χ0v) is 10.3. The van der Waals surface area contributed by atoms with Gasteiger partial charge in [0, 0.05) is 8.96 Å². The molecular formula is C11H13IO. The van der Waals surface area contributed by atoms with Crippen molar-refractivity contribution in [3.05, 3.63) is 33.6 Å². The fraction of sp³-hybridized carbons (Fsp3) is 0.273. The molecule has 0 bridgehead atoms. The van der Waals surface area contributed by atoms with Crippen LogP contribution in [0.5, 0.6) is 0 Å². The number of hydrogen-bond donors (Lipinski definition) is 0. The molecule has 0 unspecified atom stereocenters. The van der Waals surface area contributed by atoms with Gasteiger partial charge >= 0.3 is 0 Å². The molecule has 1 heterocycles. The van der Waals surface area contributed by atoms with Gasteiger partial charge in [0.25, 0.3) is 0 Å². The van der Waals surface area contributed by atoms with Gasteiger partial charge < -0.3 is 4.42 Å². The van der Waals surface area contributed by atoms with Crippen molar-refractivity contribution in [2.24, 2.45) is 0 Å². The van der Waals surface area contributed by atoms with Crippen LogP contribution in [0.1, 0.15) is 19.6 Å². The third-order valence-electron chi connectivity index (χ3n) is 1.63. The first-order valence-electron chi connectivity index (χ1n) is 4.42. The number of furan rings is 1. The molecule has 70 valence electrons. The monoisotopic (exact) mass is 288 g/mol. The topological polar surface area (TPSA) is 13.1 Å². The number of hydrogen-bond acceptors (Lipinski definition) is 1. The minimum atomic E-state index is 0.976. The van der Waals surface area contributed by atoms with Crippen LogP contribution in [0.15, 0.2) is 28.7 Å². The first-order valence-corrected chi connectivity index (χ1v) is 5.50. The van der Waals surface area contributed by atoms with Gasteiger partial charge in [0.15, 0.2) is 0 Å². The van der Waals surface area contributed by atoms with Gasteiger partial charge in [-0.3, -0.25) is 0 Å². The average molecular weight is 288 g/mol. The fourth-order valence-corrected chi connectivity index (χ4v) is 1.78. The molecule has 0 saturated heterocycles. The van der Waals surface area contributed by atoms with Gasteiger partial charge in [-0.2, -0.15) is 0 Å². The van der Waals surface area contributed by atoms with Gasteiger partial charge in [-0.05, 0) is 47.7 Å². The predicted octanol–water partition coefficient (Wildman–Crippen LogP) is 4.37. The van der Waals surface area contributed by atoms with Crippen molar-refractivity contribution in [3.63, 3.8) is 0 Å². The number of benzene rings is 1. The zero-order chi connectivity index (χ0) is 9.84. The average Bonchev–Trinajstić information content (AvgIpc) is 2.51. The van der Waals surface area contributed by atoms with Crippen LogP contribution in [0.4, 0.5) is 0 Å². The maximum absolute atomic E-state index is 5.44. The molecule has 2 aromatic rings. The molecule has 0 aliphatic rings. The summed E-state index contributed by atoms with van der Waals surface area (Å²) in [5, 5.41) is 1.21. The highest BCUT2D eigenvalue weighted by molar-refractivity contribution is 14.1. The van der Waals surface area contributed by atoms with Crippen LogP contribution in [0.2, 0.25) is 0 Å². The molecule has 0 radical (unpaired) electrons. The van der Waals surface area contributed by atoms with Crippen molar-refractivity contribution in [2.75, 3.05) is 0 Å². The summed E-state index contributed by atoms with van der Waals surface area (Å²) in [5.41, 5.74) is 0.981. The summed E-state index contributed by atoms with van der Waals surface area (Å²) in [6, 6.07) is 8.15. The highest BCUT2D eigenvalue weighted by Crippen LogP contribution is 2.23. The predicted molar refractivity (Wildman–Crippen MR) is 65.0 cm³/mol. The Labute approximate surface area is 92.3 Å². The second kappa shape index (κ2) is 4.65. The Hall–Kier alpha value is -0.510. The molecule has 0 spiro atoms. The summed E-state index contributed by atoms with van der Waals surface area (Å²) in [5.74, 6) is 0.976. The van der Waals surface area contributed by atoms with Crippen LogP contribution >= 0.6 is 22.6 Å². The Balaban J connectivity index is 0.000000396. The largest absolute Gasteiger partial charge is 0.461 e. The second-order valence-corrected chi connectivity index (χ2v) is 3.67. The van der Waals surface area contributed by atoms with Gasteiger partial charge in [0.1, 0.15) is 11.3 Å². The third kappa shape index (κ3) is 2.24. The second-order valence-electron chi connectivity index (χ2n) is 2.51. The Morgan fingerprint density at radius 2 is 1.92 bits per heavy atom. The molecule has 0 amide bonds. The maximum atomic E-state index is 5.44. The standard InChI is InChI=1S/C9H7IO.C2H6/c1-6-5-7-8(10)3-2-4-9(7)11-6;1-2/h2-5H,1H3;1-2H3. The molecule has 0 aliphatic carbocycles. The van der Waals surface area contributed by atoms with E-state index in [1.165, 1.54) is 8.96 Å². The SMILES string of the molecule is CC.Cc1cc2c(I)cccc2o1. The van der Waals surface area contributed by atoms with Crippen LogP contribution in [-0.4, -0.2) is 0 Å². The van der Waals surface area contributed by atoms with E-state index in [4.69, 9.17) is 4.42 Å². The van der Waals surface area contributed by atoms with E-state index >= 15 is 0 Å². The van der Waals surface area contributed by atoms with Crippen molar-refractivity contribution in [1.29, 1.82) is 0 Å². The third-order valence-corrected chi connectivity index (χ3v) is 2.57. The molecular weight excluding hydrogens is 275 g/mol. The molecule has 1 aromatic heterocycles. The lowest BCUT2D eigenvalue weighted by atomic mass is 10.2. The smallest absolute Gasteiger partial charge is 0.135 e. The minimum Gasteiger partial charge on any atom is -0.461 e. The van der Waals surface area contributed by atoms with E-state index in [0.29, 0.717) is 0 Å². The van der Waals surface area contributed by atoms with Gasteiger partial charge in [-0.25, -0.2) is 0 Å². The Morgan fingerprint density at radius 3 is 2.54 bits per heavy atom. The summed E-state index contributed by atoms with van der Waals surface area (Å²) < 4.78 is 6.69. The zero-order valence-electron chi connectivity index (χ0n) is 8.10. The molecule has 1 aromatic carbocycles. The molecule has 0 N–H and O–H groups in total. The molecule has 2 heteroatoms. The number of rotatable bonds is 0. The quantitative estimate of drug-likeness (QED) is 0.656. The molecule has 0 fully saturated rings. The number of fused-ring (bicyclic) bond motifs is 1. The van der Waals surface area contributed by atoms with Crippen LogP contribution in [0, 0.1) is 10.5 Å². The maximum Gasteiger partial charge on any atom is 0.135 e. The first kappa shape index (κ1) is 10.6. The molecule has 0 aliphatic heterocycles. The molecule has 0 saturated carbocycles.